The first-order valence-electron chi connectivity index (χ1n) is 9.28. The second-order valence-electron chi connectivity index (χ2n) is 7.14. The van der Waals surface area contributed by atoms with E-state index < -0.39 is 0 Å². The fourth-order valence-electron chi connectivity index (χ4n) is 3.87. The predicted octanol–water partition coefficient (Wildman–Crippen LogP) is 5.08. The molecule has 0 unspecified atom stereocenters. The molecule has 0 aliphatic carbocycles. The number of hydrogen-bond acceptors (Lipinski definition) is 3. The second-order valence-corrected chi connectivity index (χ2v) is 7.92. The summed E-state index contributed by atoms with van der Waals surface area (Å²) in [6.45, 7) is 2.95. The molecule has 0 radical (unpaired) electrons. The second kappa shape index (κ2) is 8.42. The molecule has 0 saturated carbocycles. The number of halogens is 2. The summed E-state index contributed by atoms with van der Waals surface area (Å²) < 4.78 is 0. The number of H-pyrrole nitrogens is 1. The maximum Gasteiger partial charge on any atom is 0.131 e. The highest BCUT2D eigenvalue weighted by Crippen LogP contribution is 2.30. The SMILES string of the molecule is Clc1cc(CN2CCC(c3[nH]ncc3Cc3ccccc3)CC2)cc(Cl)n1. The van der Waals surface area contributed by atoms with E-state index in [-0.39, 0.29) is 0 Å². The first-order chi connectivity index (χ1) is 13.2. The number of nitrogens with one attached hydrogen (secondary N) is 1. The van der Waals surface area contributed by atoms with Gasteiger partial charge < -0.3 is 0 Å². The van der Waals surface area contributed by atoms with Gasteiger partial charge in [0.2, 0.25) is 0 Å². The Kier molecular flexibility index (Phi) is 5.77. The van der Waals surface area contributed by atoms with Crippen LogP contribution in [-0.4, -0.2) is 33.2 Å². The van der Waals surface area contributed by atoms with Crippen molar-refractivity contribution in [1.29, 1.82) is 0 Å². The zero-order valence-corrected chi connectivity index (χ0v) is 16.5. The van der Waals surface area contributed by atoms with Crippen LogP contribution in [0, 0.1) is 0 Å². The third kappa shape index (κ3) is 4.70. The number of rotatable bonds is 5. The highest BCUT2D eigenvalue weighted by Gasteiger charge is 2.24. The van der Waals surface area contributed by atoms with Crippen molar-refractivity contribution >= 4 is 23.2 Å². The van der Waals surface area contributed by atoms with Crippen molar-refractivity contribution in [2.24, 2.45) is 0 Å². The van der Waals surface area contributed by atoms with Crippen LogP contribution in [-0.2, 0) is 13.0 Å². The summed E-state index contributed by atoms with van der Waals surface area (Å²) in [6, 6.07) is 14.4. The Morgan fingerprint density at radius 1 is 1.00 bits per heavy atom. The molecule has 0 amide bonds. The van der Waals surface area contributed by atoms with Gasteiger partial charge in [0, 0.05) is 24.6 Å². The van der Waals surface area contributed by atoms with Crippen LogP contribution in [0.4, 0.5) is 0 Å². The average molecular weight is 401 g/mol. The van der Waals surface area contributed by atoms with E-state index in [4.69, 9.17) is 23.2 Å². The van der Waals surface area contributed by atoms with Crippen molar-refractivity contribution in [3.05, 3.63) is 81.4 Å². The lowest BCUT2D eigenvalue weighted by Crippen LogP contribution is -2.32. The molecular weight excluding hydrogens is 379 g/mol. The smallest absolute Gasteiger partial charge is 0.131 e. The van der Waals surface area contributed by atoms with Crippen molar-refractivity contribution in [1.82, 2.24) is 20.1 Å². The van der Waals surface area contributed by atoms with E-state index in [1.54, 1.807) is 0 Å². The maximum atomic E-state index is 6.02. The number of hydrogen-bond donors (Lipinski definition) is 1. The molecule has 0 spiro atoms. The van der Waals surface area contributed by atoms with E-state index in [1.807, 2.05) is 18.3 Å². The highest BCUT2D eigenvalue weighted by atomic mass is 35.5. The van der Waals surface area contributed by atoms with Gasteiger partial charge in [0.15, 0.2) is 0 Å². The van der Waals surface area contributed by atoms with E-state index in [0.29, 0.717) is 16.2 Å². The largest absolute Gasteiger partial charge is 0.299 e. The molecule has 1 aromatic carbocycles. The number of likely N-dealkylation sites (tertiary alicyclic amines) is 1. The van der Waals surface area contributed by atoms with Crippen LogP contribution in [0.5, 0.6) is 0 Å². The van der Waals surface area contributed by atoms with Crippen molar-refractivity contribution in [2.75, 3.05) is 13.1 Å². The van der Waals surface area contributed by atoms with Crippen molar-refractivity contribution < 1.29 is 0 Å². The van der Waals surface area contributed by atoms with E-state index in [0.717, 1.165) is 44.5 Å². The number of aromatic nitrogens is 3. The molecule has 6 heteroatoms. The zero-order chi connectivity index (χ0) is 18.6. The molecule has 1 saturated heterocycles. The summed E-state index contributed by atoms with van der Waals surface area (Å²) in [5.74, 6) is 0.534. The minimum Gasteiger partial charge on any atom is -0.299 e. The molecule has 4 nitrogen and oxygen atoms in total. The lowest BCUT2D eigenvalue weighted by Gasteiger charge is -2.32. The first kappa shape index (κ1) is 18.5. The molecule has 0 bridgehead atoms. The number of pyridine rings is 1. The summed E-state index contributed by atoms with van der Waals surface area (Å²) in [6.07, 6.45) is 5.16. The fourth-order valence-corrected chi connectivity index (χ4v) is 4.38. The monoisotopic (exact) mass is 400 g/mol. The Bertz CT molecular complexity index is 866. The molecule has 2 aromatic heterocycles. The minimum absolute atomic E-state index is 0.454. The van der Waals surface area contributed by atoms with Crippen molar-refractivity contribution in [2.45, 2.75) is 31.7 Å². The maximum absolute atomic E-state index is 6.02. The van der Waals surface area contributed by atoms with Crippen LogP contribution in [0.25, 0.3) is 0 Å². The Balaban J connectivity index is 1.38. The molecule has 3 heterocycles. The number of benzene rings is 1. The standard InChI is InChI=1S/C21H22Cl2N4/c22-19-11-16(12-20(23)25-19)14-27-8-6-17(7-9-27)21-18(13-24-26-21)10-15-4-2-1-3-5-15/h1-5,11-13,17H,6-10,14H2,(H,24,26). The molecule has 1 fully saturated rings. The van der Waals surface area contributed by atoms with Gasteiger partial charge in [-0.25, -0.2) is 4.98 Å². The summed E-state index contributed by atoms with van der Waals surface area (Å²) in [5, 5.41) is 8.50. The molecule has 140 valence electrons. The van der Waals surface area contributed by atoms with Crippen LogP contribution in [0.15, 0.2) is 48.7 Å². The average Bonchev–Trinajstić information content (AvgIpc) is 3.10. The zero-order valence-electron chi connectivity index (χ0n) is 15.0. The molecule has 1 N–H and O–H groups in total. The molecule has 0 atom stereocenters. The Morgan fingerprint density at radius 3 is 2.41 bits per heavy atom. The molecule has 1 aliphatic rings. The Hall–Kier alpha value is -1.88. The topological polar surface area (TPSA) is 44.8 Å². The van der Waals surface area contributed by atoms with E-state index in [2.05, 4.69) is 50.4 Å². The van der Waals surface area contributed by atoms with Gasteiger partial charge in [0.25, 0.3) is 0 Å². The van der Waals surface area contributed by atoms with E-state index in [9.17, 15) is 0 Å². The quantitative estimate of drug-likeness (QED) is 0.607. The Morgan fingerprint density at radius 2 is 1.70 bits per heavy atom. The normalized spacial score (nSPS) is 15.9. The number of aromatic amines is 1. The minimum atomic E-state index is 0.454. The van der Waals surface area contributed by atoms with Crippen LogP contribution in [0.3, 0.4) is 0 Å². The van der Waals surface area contributed by atoms with Crippen molar-refractivity contribution in [3.8, 4) is 0 Å². The van der Waals surface area contributed by atoms with E-state index in [1.165, 1.54) is 16.8 Å². The Labute approximate surface area is 169 Å². The highest BCUT2D eigenvalue weighted by molar-refractivity contribution is 6.32. The number of nitrogens with zero attached hydrogens (tertiary/aromatic N) is 3. The lowest BCUT2D eigenvalue weighted by molar-refractivity contribution is 0.203. The summed E-state index contributed by atoms with van der Waals surface area (Å²) in [5.41, 5.74) is 5.05. The van der Waals surface area contributed by atoms with Gasteiger partial charge in [-0.05, 0) is 54.8 Å². The van der Waals surface area contributed by atoms with Gasteiger partial charge in [-0.2, -0.15) is 5.10 Å². The van der Waals surface area contributed by atoms with Crippen LogP contribution >= 0.6 is 23.2 Å². The van der Waals surface area contributed by atoms with Gasteiger partial charge in [0.1, 0.15) is 10.3 Å². The summed E-state index contributed by atoms with van der Waals surface area (Å²) in [7, 11) is 0. The summed E-state index contributed by atoms with van der Waals surface area (Å²) >= 11 is 12.0. The fraction of sp³-hybridized carbons (Fsp3) is 0.333. The van der Waals surface area contributed by atoms with Gasteiger partial charge >= 0.3 is 0 Å². The number of piperidine rings is 1. The molecule has 27 heavy (non-hydrogen) atoms. The van der Waals surface area contributed by atoms with Crippen LogP contribution in [0.1, 0.15) is 41.1 Å². The summed E-state index contributed by atoms with van der Waals surface area (Å²) in [4.78, 5) is 6.47. The molecule has 3 aromatic rings. The van der Waals surface area contributed by atoms with E-state index >= 15 is 0 Å². The third-order valence-electron chi connectivity index (χ3n) is 5.21. The van der Waals surface area contributed by atoms with Gasteiger partial charge in [-0.1, -0.05) is 53.5 Å². The van der Waals surface area contributed by atoms with Gasteiger partial charge in [-0.15, -0.1) is 0 Å². The third-order valence-corrected chi connectivity index (χ3v) is 5.60. The molecule has 4 rings (SSSR count). The van der Waals surface area contributed by atoms with Crippen LogP contribution in [0.2, 0.25) is 10.3 Å². The van der Waals surface area contributed by atoms with Gasteiger partial charge in [0.05, 0.1) is 6.20 Å². The molecule has 1 aliphatic heterocycles. The van der Waals surface area contributed by atoms with Crippen LogP contribution < -0.4 is 0 Å². The first-order valence-corrected chi connectivity index (χ1v) is 10.0. The predicted molar refractivity (Wildman–Crippen MR) is 109 cm³/mol. The van der Waals surface area contributed by atoms with Gasteiger partial charge in [-0.3, -0.25) is 10.00 Å². The lowest BCUT2D eigenvalue weighted by atomic mass is 9.89. The molecular formula is C21H22Cl2N4. The van der Waals surface area contributed by atoms with Crippen molar-refractivity contribution in [3.63, 3.8) is 0 Å².